The summed E-state index contributed by atoms with van der Waals surface area (Å²) in [6.45, 7) is 7.76. The summed E-state index contributed by atoms with van der Waals surface area (Å²) < 4.78 is 0. The Hall–Kier alpha value is -2.42. The lowest BCUT2D eigenvalue weighted by atomic mass is 9.99. The van der Waals surface area contributed by atoms with Crippen LogP contribution in [0.2, 0.25) is 0 Å². The number of benzene rings is 2. The van der Waals surface area contributed by atoms with Crippen LogP contribution in [0, 0.1) is 27.7 Å². The molecular formula is C18H19NO2. The number of amides is 1. The van der Waals surface area contributed by atoms with E-state index >= 15 is 0 Å². The predicted molar refractivity (Wildman–Crippen MR) is 85.2 cm³/mol. The van der Waals surface area contributed by atoms with Gasteiger partial charge in [0, 0.05) is 11.1 Å². The Morgan fingerprint density at radius 2 is 1.57 bits per heavy atom. The lowest BCUT2D eigenvalue weighted by Crippen LogP contribution is -2.16. The van der Waals surface area contributed by atoms with Crippen molar-refractivity contribution in [2.75, 3.05) is 5.32 Å². The highest BCUT2D eigenvalue weighted by atomic mass is 16.1. The molecule has 0 aliphatic carbocycles. The van der Waals surface area contributed by atoms with Crippen molar-refractivity contribution >= 4 is 17.9 Å². The molecule has 0 saturated carbocycles. The molecule has 1 N–H and O–H groups in total. The van der Waals surface area contributed by atoms with E-state index in [1.54, 1.807) is 12.1 Å². The maximum absolute atomic E-state index is 12.5. The number of anilines is 1. The van der Waals surface area contributed by atoms with Gasteiger partial charge in [-0.25, -0.2) is 0 Å². The van der Waals surface area contributed by atoms with E-state index in [9.17, 15) is 9.59 Å². The largest absolute Gasteiger partial charge is 0.321 e. The highest BCUT2D eigenvalue weighted by Crippen LogP contribution is 2.20. The van der Waals surface area contributed by atoms with Gasteiger partial charge >= 0.3 is 0 Å². The molecule has 0 aromatic heterocycles. The van der Waals surface area contributed by atoms with Crippen molar-refractivity contribution in [3.8, 4) is 0 Å². The van der Waals surface area contributed by atoms with Gasteiger partial charge in [0.05, 0.1) is 5.69 Å². The molecule has 0 aliphatic rings. The minimum absolute atomic E-state index is 0.183. The van der Waals surface area contributed by atoms with Crippen LogP contribution in [0.4, 0.5) is 5.69 Å². The zero-order chi connectivity index (χ0) is 15.6. The van der Waals surface area contributed by atoms with Crippen LogP contribution in [0.5, 0.6) is 0 Å². The first kappa shape index (κ1) is 15.0. The molecule has 2 aromatic rings. The summed E-state index contributed by atoms with van der Waals surface area (Å²) in [6, 6.07) is 9.36. The maximum Gasteiger partial charge on any atom is 0.256 e. The van der Waals surface area contributed by atoms with E-state index in [2.05, 4.69) is 5.32 Å². The number of aryl methyl sites for hydroxylation is 4. The second kappa shape index (κ2) is 5.92. The maximum atomic E-state index is 12.5. The van der Waals surface area contributed by atoms with Crippen molar-refractivity contribution < 1.29 is 9.59 Å². The molecular weight excluding hydrogens is 262 g/mol. The molecule has 0 aliphatic heterocycles. The summed E-state index contributed by atoms with van der Waals surface area (Å²) >= 11 is 0. The van der Waals surface area contributed by atoms with E-state index in [4.69, 9.17) is 0 Å². The second-order valence-electron chi connectivity index (χ2n) is 5.44. The topological polar surface area (TPSA) is 46.2 Å². The molecule has 3 nitrogen and oxygen atoms in total. The Labute approximate surface area is 125 Å². The molecule has 0 atom stereocenters. The van der Waals surface area contributed by atoms with Crippen LogP contribution in [-0.2, 0) is 0 Å². The van der Waals surface area contributed by atoms with Gasteiger partial charge < -0.3 is 5.32 Å². The number of aldehydes is 1. The van der Waals surface area contributed by atoms with Gasteiger partial charge in [0.25, 0.3) is 5.91 Å². The molecule has 108 valence electrons. The Bertz CT molecular complexity index is 694. The van der Waals surface area contributed by atoms with Crippen LogP contribution in [0.1, 0.15) is 43.0 Å². The average Bonchev–Trinajstić information content (AvgIpc) is 2.39. The third-order valence-electron chi connectivity index (χ3n) is 3.49. The Morgan fingerprint density at radius 3 is 2.14 bits per heavy atom. The molecule has 2 aromatic carbocycles. The van der Waals surface area contributed by atoms with Crippen LogP contribution in [0.3, 0.4) is 0 Å². The summed E-state index contributed by atoms with van der Waals surface area (Å²) in [5.41, 5.74) is 5.68. The molecule has 21 heavy (non-hydrogen) atoms. The van der Waals surface area contributed by atoms with Crippen molar-refractivity contribution in [3.05, 3.63) is 63.7 Å². The number of nitrogens with one attached hydrogen (secondary N) is 1. The Balaban J connectivity index is 2.37. The van der Waals surface area contributed by atoms with Gasteiger partial charge in [0.2, 0.25) is 0 Å². The minimum atomic E-state index is -0.183. The highest BCUT2D eigenvalue weighted by Gasteiger charge is 2.14. The van der Waals surface area contributed by atoms with Crippen LogP contribution >= 0.6 is 0 Å². The van der Waals surface area contributed by atoms with Crippen LogP contribution in [0.25, 0.3) is 0 Å². The smallest absolute Gasteiger partial charge is 0.256 e. The van der Waals surface area contributed by atoms with Crippen molar-refractivity contribution in [1.29, 1.82) is 0 Å². The predicted octanol–water partition coefficient (Wildman–Crippen LogP) is 3.99. The SMILES string of the molecule is Cc1cc(C)c(C(=O)Nc2ccc(C)cc2C=O)c(C)c1. The zero-order valence-corrected chi connectivity index (χ0v) is 12.8. The normalized spacial score (nSPS) is 10.3. The van der Waals surface area contributed by atoms with Gasteiger partial charge in [-0.15, -0.1) is 0 Å². The summed E-state index contributed by atoms with van der Waals surface area (Å²) in [7, 11) is 0. The molecule has 0 heterocycles. The van der Waals surface area contributed by atoms with Gasteiger partial charge in [0.15, 0.2) is 6.29 Å². The first-order chi connectivity index (χ1) is 9.92. The monoisotopic (exact) mass is 281 g/mol. The molecule has 0 bridgehead atoms. The molecule has 0 radical (unpaired) electrons. The van der Waals surface area contributed by atoms with Crippen LogP contribution in [-0.4, -0.2) is 12.2 Å². The highest BCUT2D eigenvalue weighted by molar-refractivity contribution is 6.08. The minimum Gasteiger partial charge on any atom is -0.321 e. The van der Waals surface area contributed by atoms with E-state index in [0.29, 0.717) is 16.8 Å². The Morgan fingerprint density at radius 1 is 0.952 bits per heavy atom. The van der Waals surface area contributed by atoms with Gasteiger partial charge in [0.1, 0.15) is 0 Å². The van der Waals surface area contributed by atoms with Gasteiger partial charge in [-0.05, 0) is 51.0 Å². The van der Waals surface area contributed by atoms with Crippen LogP contribution in [0.15, 0.2) is 30.3 Å². The zero-order valence-electron chi connectivity index (χ0n) is 12.8. The number of carbonyl (C=O) groups excluding carboxylic acids is 2. The fourth-order valence-corrected chi connectivity index (χ4v) is 2.62. The van der Waals surface area contributed by atoms with E-state index in [0.717, 1.165) is 28.5 Å². The molecule has 0 fully saturated rings. The van der Waals surface area contributed by atoms with Crippen LogP contribution < -0.4 is 5.32 Å². The lowest BCUT2D eigenvalue weighted by Gasteiger charge is -2.13. The molecule has 1 amide bonds. The van der Waals surface area contributed by atoms with Crippen molar-refractivity contribution in [3.63, 3.8) is 0 Å². The van der Waals surface area contributed by atoms with Gasteiger partial charge in [-0.3, -0.25) is 9.59 Å². The molecule has 0 spiro atoms. The Kier molecular flexibility index (Phi) is 4.22. The quantitative estimate of drug-likeness (QED) is 0.865. The molecule has 3 heteroatoms. The summed E-state index contributed by atoms with van der Waals surface area (Å²) in [6.07, 6.45) is 0.761. The number of carbonyl (C=O) groups is 2. The van der Waals surface area contributed by atoms with Gasteiger partial charge in [-0.2, -0.15) is 0 Å². The average molecular weight is 281 g/mol. The summed E-state index contributed by atoms with van der Waals surface area (Å²) in [5.74, 6) is -0.183. The lowest BCUT2D eigenvalue weighted by molar-refractivity contribution is 0.102. The van der Waals surface area contributed by atoms with E-state index < -0.39 is 0 Å². The third kappa shape index (κ3) is 3.19. The van der Waals surface area contributed by atoms with E-state index in [1.165, 1.54) is 0 Å². The number of hydrogen-bond acceptors (Lipinski definition) is 2. The fraction of sp³-hybridized carbons (Fsp3) is 0.222. The standard InChI is InChI=1S/C18H19NO2/c1-11-5-6-16(15(9-11)10-20)19-18(21)17-13(3)7-12(2)8-14(17)4/h5-10H,1-4H3,(H,19,21). The number of hydrogen-bond donors (Lipinski definition) is 1. The summed E-state index contributed by atoms with van der Waals surface area (Å²) in [4.78, 5) is 23.6. The fourth-order valence-electron chi connectivity index (χ4n) is 2.62. The molecule has 0 unspecified atom stereocenters. The summed E-state index contributed by atoms with van der Waals surface area (Å²) in [5, 5.41) is 2.84. The molecule has 0 saturated heterocycles. The first-order valence-electron chi connectivity index (χ1n) is 6.87. The molecule has 2 rings (SSSR count). The van der Waals surface area contributed by atoms with Crippen molar-refractivity contribution in [2.24, 2.45) is 0 Å². The van der Waals surface area contributed by atoms with E-state index in [1.807, 2.05) is 45.9 Å². The first-order valence-corrected chi connectivity index (χ1v) is 6.87. The van der Waals surface area contributed by atoms with Crippen molar-refractivity contribution in [1.82, 2.24) is 0 Å². The number of rotatable bonds is 3. The van der Waals surface area contributed by atoms with Gasteiger partial charge in [-0.1, -0.05) is 29.3 Å². The second-order valence-corrected chi connectivity index (χ2v) is 5.44. The third-order valence-corrected chi connectivity index (χ3v) is 3.49. The van der Waals surface area contributed by atoms with Crippen molar-refractivity contribution in [2.45, 2.75) is 27.7 Å². The van der Waals surface area contributed by atoms with E-state index in [-0.39, 0.29) is 5.91 Å².